The summed E-state index contributed by atoms with van der Waals surface area (Å²) >= 11 is 0. The molecule has 0 heteroatoms. The number of rotatable bonds is 1. The molecule has 0 spiro atoms. The molecule has 0 heterocycles. The molecule has 0 radical (unpaired) electrons. The van der Waals surface area contributed by atoms with E-state index in [-0.39, 0.29) is 0 Å². The lowest BCUT2D eigenvalue weighted by molar-refractivity contribution is 1.38. The van der Waals surface area contributed by atoms with Crippen LogP contribution >= 0.6 is 0 Å². The van der Waals surface area contributed by atoms with Crippen LogP contribution in [0.2, 0.25) is 0 Å². The average molecular weight is 274 g/mol. The Hall–Kier alpha value is -2.08. The molecule has 106 valence electrons. The van der Waals surface area contributed by atoms with E-state index in [1.807, 2.05) is 0 Å². The van der Waals surface area contributed by atoms with Gasteiger partial charge in [-0.05, 0) is 73.6 Å². The van der Waals surface area contributed by atoms with E-state index in [9.17, 15) is 0 Å². The molecule has 0 saturated carbocycles. The first-order chi connectivity index (χ1) is 9.95. The Kier molecular flexibility index (Phi) is 3.33. The lowest BCUT2D eigenvalue weighted by Gasteiger charge is -2.04. The molecule has 0 N–H and O–H groups in total. The van der Waals surface area contributed by atoms with Crippen LogP contribution in [0.1, 0.15) is 27.8 Å². The van der Waals surface area contributed by atoms with E-state index < -0.39 is 0 Å². The van der Waals surface area contributed by atoms with Gasteiger partial charge in [0.2, 0.25) is 0 Å². The van der Waals surface area contributed by atoms with E-state index in [1.54, 1.807) is 0 Å². The standard InChI is InChI=1S/C21H22/c1-13-8-14(2)10-18(9-13)19-11-16(4)20-7-6-15(3)21(20)17(5)12-19/h6-12H,1-5H3. The number of benzene rings is 1. The van der Waals surface area contributed by atoms with Crippen molar-refractivity contribution in [1.82, 2.24) is 0 Å². The quantitative estimate of drug-likeness (QED) is 0.510. The van der Waals surface area contributed by atoms with Crippen molar-refractivity contribution in [2.24, 2.45) is 0 Å². The van der Waals surface area contributed by atoms with Gasteiger partial charge in [-0.3, -0.25) is 0 Å². The predicted molar refractivity (Wildman–Crippen MR) is 92.2 cm³/mol. The highest BCUT2D eigenvalue weighted by atomic mass is 14.2. The van der Waals surface area contributed by atoms with Crippen LogP contribution in [0.3, 0.4) is 0 Å². The lowest BCUT2D eigenvalue weighted by Crippen LogP contribution is -1.82. The third kappa shape index (κ3) is 2.47. The molecule has 0 aromatic heterocycles. The van der Waals surface area contributed by atoms with Crippen LogP contribution in [0.4, 0.5) is 0 Å². The Morgan fingerprint density at radius 1 is 0.524 bits per heavy atom. The van der Waals surface area contributed by atoms with E-state index in [0.29, 0.717) is 0 Å². The molecule has 0 atom stereocenters. The smallest absolute Gasteiger partial charge is 0.0123 e. The summed E-state index contributed by atoms with van der Waals surface area (Å²) in [6.07, 6.45) is 0. The zero-order chi connectivity index (χ0) is 15.1. The largest absolute Gasteiger partial charge is 0.0581 e. The van der Waals surface area contributed by atoms with Gasteiger partial charge in [-0.25, -0.2) is 0 Å². The Labute approximate surface area is 127 Å². The minimum absolute atomic E-state index is 1.31. The molecule has 0 bridgehead atoms. The summed E-state index contributed by atoms with van der Waals surface area (Å²) in [7, 11) is 0. The highest BCUT2D eigenvalue weighted by Gasteiger charge is 2.12. The van der Waals surface area contributed by atoms with Crippen LogP contribution < -0.4 is 0 Å². The topological polar surface area (TPSA) is 0 Å². The van der Waals surface area contributed by atoms with Crippen molar-refractivity contribution in [3.63, 3.8) is 0 Å². The second-order valence-electron chi connectivity index (χ2n) is 6.29. The summed E-state index contributed by atoms with van der Waals surface area (Å²) in [5.74, 6) is 0. The van der Waals surface area contributed by atoms with E-state index in [4.69, 9.17) is 0 Å². The molecule has 1 aromatic carbocycles. The number of hydrogen-bond acceptors (Lipinski definition) is 0. The monoisotopic (exact) mass is 274 g/mol. The van der Waals surface area contributed by atoms with Crippen LogP contribution in [-0.4, -0.2) is 0 Å². The molecular weight excluding hydrogens is 252 g/mol. The molecule has 3 rings (SSSR count). The highest BCUT2D eigenvalue weighted by molar-refractivity contribution is 5.80. The fourth-order valence-corrected chi connectivity index (χ4v) is 3.41. The summed E-state index contributed by atoms with van der Waals surface area (Å²) < 4.78 is 0. The van der Waals surface area contributed by atoms with Crippen LogP contribution in [0, 0.1) is 34.6 Å². The predicted octanol–water partition coefficient (Wildman–Crippen LogP) is 6.00. The summed E-state index contributed by atoms with van der Waals surface area (Å²) in [5.41, 5.74) is 12.1. The van der Waals surface area contributed by atoms with Gasteiger partial charge in [-0.15, -0.1) is 0 Å². The first kappa shape index (κ1) is 13.9. The van der Waals surface area contributed by atoms with Gasteiger partial charge in [-0.1, -0.05) is 53.6 Å². The summed E-state index contributed by atoms with van der Waals surface area (Å²) in [6.45, 7) is 11.0. The fraction of sp³-hybridized carbons (Fsp3) is 0.238. The van der Waals surface area contributed by atoms with Gasteiger partial charge in [0.25, 0.3) is 0 Å². The van der Waals surface area contributed by atoms with Gasteiger partial charge in [0, 0.05) is 0 Å². The zero-order valence-electron chi connectivity index (χ0n) is 13.5. The molecule has 2 aliphatic carbocycles. The van der Waals surface area contributed by atoms with Crippen LogP contribution in [-0.2, 0) is 0 Å². The molecule has 0 fully saturated rings. The SMILES string of the molecule is Cc1cc(C)cc(-c2cc(C)c3ccc(C)c-3c(C)c2)c1. The van der Waals surface area contributed by atoms with Crippen molar-refractivity contribution in [2.45, 2.75) is 34.6 Å². The first-order valence-electron chi connectivity index (χ1n) is 7.55. The van der Waals surface area contributed by atoms with Gasteiger partial charge in [-0.2, -0.15) is 0 Å². The number of aryl methyl sites for hydroxylation is 5. The minimum atomic E-state index is 1.31. The van der Waals surface area contributed by atoms with Crippen molar-refractivity contribution in [3.8, 4) is 22.3 Å². The maximum atomic E-state index is 2.33. The number of fused-ring (bicyclic) bond motifs is 1. The first-order valence-corrected chi connectivity index (χ1v) is 7.55. The summed E-state index contributed by atoms with van der Waals surface area (Å²) in [4.78, 5) is 0. The Bertz CT molecular complexity index is 773. The third-order valence-corrected chi connectivity index (χ3v) is 4.28. The fourth-order valence-electron chi connectivity index (χ4n) is 3.41. The van der Waals surface area contributed by atoms with Crippen molar-refractivity contribution in [2.75, 3.05) is 0 Å². The van der Waals surface area contributed by atoms with Crippen LogP contribution in [0.25, 0.3) is 22.3 Å². The van der Waals surface area contributed by atoms with E-state index in [1.165, 1.54) is 50.1 Å². The molecule has 0 nitrogen and oxygen atoms in total. The van der Waals surface area contributed by atoms with E-state index >= 15 is 0 Å². The van der Waals surface area contributed by atoms with Gasteiger partial charge in [0.1, 0.15) is 0 Å². The molecule has 0 unspecified atom stereocenters. The molecule has 1 aromatic rings. The minimum Gasteiger partial charge on any atom is -0.0581 e. The van der Waals surface area contributed by atoms with Crippen molar-refractivity contribution in [3.05, 3.63) is 70.3 Å². The molecule has 21 heavy (non-hydrogen) atoms. The van der Waals surface area contributed by atoms with Crippen molar-refractivity contribution < 1.29 is 0 Å². The number of hydrogen-bond donors (Lipinski definition) is 0. The Balaban J connectivity index is 2.31. The average Bonchev–Trinajstić information content (AvgIpc) is 2.72. The molecular formula is C21H22. The van der Waals surface area contributed by atoms with Gasteiger partial charge in [0.15, 0.2) is 0 Å². The van der Waals surface area contributed by atoms with Gasteiger partial charge in [0.05, 0.1) is 0 Å². The van der Waals surface area contributed by atoms with Crippen LogP contribution in [0.15, 0.2) is 42.5 Å². The molecule has 2 aliphatic rings. The highest BCUT2D eigenvalue weighted by Crippen LogP contribution is 2.35. The van der Waals surface area contributed by atoms with E-state index in [2.05, 4.69) is 77.1 Å². The van der Waals surface area contributed by atoms with Gasteiger partial charge < -0.3 is 0 Å². The molecule has 0 aliphatic heterocycles. The molecule has 0 amide bonds. The van der Waals surface area contributed by atoms with Crippen molar-refractivity contribution >= 4 is 0 Å². The van der Waals surface area contributed by atoms with Crippen molar-refractivity contribution in [1.29, 1.82) is 0 Å². The lowest BCUT2D eigenvalue weighted by atomic mass is 10.0. The third-order valence-electron chi connectivity index (χ3n) is 4.28. The summed E-state index contributed by atoms with van der Waals surface area (Å²) in [6, 6.07) is 15.9. The Morgan fingerprint density at radius 2 is 1.10 bits per heavy atom. The second-order valence-corrected chi connectivity index (χ2v) is 6.29. The van der Waals surface area contributed by atoms with Crippen LogP contribution in [0.5, 0.6) is 0 Å². The zero-order valence-corrected chi connectivity index (χ0v) is 13.5. The Morgan fingerprint density at radius 3 is 1.76 bits per heavy atom. The maximum absolute atomic E-state index is 2.33. The molecule has 0 saturated heterocycles. The van der Waals surface area contributed by atoms with Gasteiger partial charge >= 0.3 is 0 Å². The normalized spacial score (nSPS) is 11.1. The van der Waals surface area contributed by atoms with E-state index in [0.717, 1.165) is 0 Å². The second kappa shape index (κ2) is 5.04. The maximum Gasteiger partial charge on any atom is -0.0123 e. The summed E-state index contributed by atoms with van der Waals surface area (Å²) in [5, 5.41) is 0.